The van der Waals surface area contributed by atoms with Crippen LogP contribution in [-0.4, -0.2) is 12.6 Å². The summed E-state index contributed by atoms with van der Waals surface area (Å²) in [5, 5.41) is 0. The molecule has 16 heavy (non-hydrogen) atoms. The number of unbranched alkanes of at least 4 members (excludes halogenated alkanes) is 6. The first-order chi connectivity index (χ1) is 7.81. The maximum atomic E-state index is 11.1. The van der Waals surface area contributed by atoms with Crippen molar-refractivity contribution in [2.45, 2.75) is 51.4 Å². The van der Waals surface area contributed by atoms with Crippen molar-refractivity contribution in [3.63, 3.8) is 0 Å². The van der Waals surface area contributed by atoms with Gasteiger partial charge in [0.25, 0.3) is 0 Å². The SMILES string of the molecule is C=CCCCCCCCCC(=O)OCC=C. The number of rotatable bonds is 11. The van der Waals surface area contributed by atoms with Gasteiger partial charge in [-0.15, -0.1) is 6.58 Å². The minimum absolute atomic E-state index is 0.105. The lowest BCUT2D eigenvalue weighted by Crippen LogP contribution is -2.03. The molecule has 0 fully saturated rings. The van der Waals surface area contributed by atoms with Gasteiger partial charge < -0.3 is 4.74 Å². The van der Waals surface area contributed by atoms with Crippen molar-refractivity contribution >= 4 is 5.97 Å². The standard InChI is InChI=1S/C14H24O2/c1-3-5-6-7-8-9-10-11-12-14(15)16-13-4-2/h3-4H,1-2,5-13H2. The van der Waals surface area contributed by atoms with E-state index < -0.39 is 0 Å². The highest BCUT2D eigenvalue weighted by molar-refractivity contribution is 5.69. The van der Waals surface area contributed by atoms with Crippen LogP contribution in [0.5, 0.6) is 0 Å². The Kier molecular flexibility index (Phi) is 11.2. The van der Waals surface area contributed by atoms with E-state index in [1.165, 1.54) is 25.7 Å². The van der Waals surface area contributed by atoms with Gasteiger partial charge in [0.05, 0.1) is 0 Å². The summed E-state index contributed by atoms with van der Waals surface area (Å²) in [5.74, 6) is -0.105. The molecular formula is C14H24O2. The number of esters is 1. The molecule has 0 aromatic rings. The zero-order valence-corrected chi connectivity index (χ0v) is 10.2. The predicted octanol–water partition coefficient (Wildman–Crippen LogP) is 4.02. The van der Waals surface area contributed by atoms with E-state index in [9.17, 15) is 4.79 Å². The molecule has 0 aromatic carbocycles. The van der Waals surface area contributed by atoms with E-state index in [4.69, 9.17) is 4.74 Å². The van der Waals surface area contributed by atoms with E-state index in [0.29, 0.717) is 13.0 Å². The fraction of sp³-hybridized carbons (Fsp3) is 0.643. The molecule has 0 aliphatic carbocycles. The van der Waals surface area contributed by atoms with Gasteiger partial charge in [-0.25, -0.2) is 0 Å². The Labute approximate surface area is 99.4 Å². The Morgan fingerprint density at radius 1 is 0.938 bits per heavy atom. The fourth-order valence-electron chi connectivity index (χ4n) is 1.49. The lowest BCUT2D eigenvalue weighted by Gasteiger charge is -2.02. The molecule has 0 rings (SSSR count). The molecule has 0 saturated carbocycles. The Morgan fingerprint density at radius 3 is 2.19 bits per heavy atom. The molecule has 0 aromatic heterocycles. The van der Waals surface area contributed by atoms with Crippen molar-refractivity contribution in [2.75, 3.05) is 6.61 Å². The Bertz CT molecular complexity index is 197. The average Bonchev–Trinajstić information content (AvgIpc) is 2.30. The van der Waals surface area contributed by atoms with E-state index in [-0.39, 0.29) is 5.97 Å². The quantitative estimate of drug-likeness (QED) is 0.301. The summed E-state index contributed by atoms with van der Waals surface area (Å²) >= 11 is 0. The molecule has 0 saturated heterocycles. The van der Waals surface area contributed by atoms with Crippen molar-refractivity contribution in [3.8, 4) is 0 Å². The Balaban J connectivity index is 3.11. The molecule has 0 bridgehead atoms. The van der Waals surface area contributed by atoms with Crippen molar-refractivity contribution in [1.29, 1.82) is 0 Å². The second kappa shape index (κ2) is 12.0. The zero-order valence-electron chi connectivity index (χ0n) is 10.2. The third-order valence-electron chi connectivity index (χ3n) is 2.40. The third-order valence-corrected chi connectivity index (χ3v) is 2.40. The fourth-order valence-corrected chi connectivity index (χ4v) is 1.49. The number of ether oxygens (including phenoxy) is 1. The maximum Gasteiger partial charge on any atom is 0.306 e. The normalized spacial score (nSPS) is 9.75. The molecule has 0 spiro atoms. The number of hydrogen-bond acceptors (Lipinski definition) is 2. The van der Waals surface area contributed by atoms with E-state index in [0.717, 1.165) is 19.3 Å². The number of carbonyl (C=O) groups excluding carboxylic acids is 1. The van der Waals surface area contributed by atoms with Crippen LogP contribution in [0.2, 0.25) is 0 Å². The van der Waals surface area contributed by atoms with Crippen LogP contribution in [0.25, 0.3) is 0 Å². The minimum Gasteiger partial charge on any atom is -0.461 e. The summed E-state index contributed by atoms with van der Waals surface area (Å²) in [6, 6.07) is 0. The van der Waals surface area contributed by atoms with Crippen LogP contribution >= 0.6 is 0 Å². The van der Waals surface area contributed by atoms with Crippen molar-refractivity contribution in [3.05, 3.63) is 25.3 Å². The number of carbonyl (C=O) groups is 1. The lowest BCUT2D eigenvalue weighted by atomic mass is 10.1. The Hall–Kier alpha value is -1.05. The molecule has 92 valence electrons. The van der Waals surface area contributed by atoms with Gasteiger partial charge in [-0.3, -0.25) is 4.79 Å². The molecule has 0 unspecified atom stereocenters. The summed E-state index contributed by atoms with van der Waals surface area (Å²) in [4.78, 5) is 11.1. The smallest absolute Gasteiger partial charge is 0.306 e. The van der Waals surface area contributed by atoms with Crippen molar-refractivity contribution in [2.24, 2.45) is 0 Å². The summed E-state index contributed by atoms with van der Waals surface area (Å²) in [6.07, 6.45) is 12.3. The van der Waals surface area contributed by atoms with Gasteiger partial charge in [0.2, 0.25) is 0 Å². The molecule has 0 heterocycles. The number of allylic oxidation sites excluding steroid dienone is 1. The first kappa shape index (κ1) is 14.9. The van der Waals surface area contributed by atoms with Crippen LogP contribution in [-0.2, 0) is 9.53 Å². The highest BCUT2D eigenvalue weighted by atomic mass is 16.5. The van der Waals surface area contributed by atoms with Crippen LogP contribution < -0.4 is 0 Å². The highest BCUT2D eigenvalue weighted by Gasteiger charge is 2.00. The lowest BCUT2D eigenvalue weighted by molar-refractivity contribution is -0.142. The molecule has 0 amide bonds. The first-order valence-electron chi connectivity index (χ1n) is 6.18. The summed E-state index contributed by atoms with van der Waals surface area (Å²) in [6.45, 7) is 7.52. The minimum atomic E-state index is -0.105. The molecule has 0 radical (unpaired) electrons. The summed E-state index contributed by atoms with van der Waals surface area (Å²) in [7, 11) is 0. The largest absolute Gasteiger partial charge is 0.461 e. The summed E-state index contributed by atoms with van der Waals surface area (Å²) < 4.78 is 4.88. The van der Waals surface area contributed by atoms with E-state index in [1.807, 2.05) is 6.08 Å². The van der Waals surface area contributed by atoms with Gasteiger partial charge in [-0.1, -0.05) is 44.4 Å². The Morgan fingerprint density at radius 2 is 1.56 bits per heavy atom. The van der Waals surface area contributed by atoms with Gasteiger partial charge in [0, 0.05) is 6.42 Å². The van der Waals surface area contributed by atoms with E-state index in [2.05, 4.69) is 13.2 Å². The van der Waals surface area contributed by atoms with Crippen molar-refractivity contribution < 1.29 is 9.53 Å². The van der Waals surface area contributed by atoms with Gasteiger partial charge >= 0.3 is 5.97 Å². The van der Waals surface area contributed by atoms with Crippen LogP contribution in [0.4, 0.5) is 0 Å². The molecule has 0 aliphatic rings. The summed E-state index contributed by atoms with van der Waals surface area (Å²) in [5.41, 5.74) is 0. The highest BCUT2D eigenvalue weighted by Crippen LogP contribution is 2.09. The molecule has 2 nitrogen and oxygen atoms in total. The third kappa shape index (κ3) is 11.0. The molecule has 0 atom stereocenters. The first-order valence-corrected chi connectivity index (χ1v) is 6.18. The molecule has 0 N–H and O–H groups in total. The monoisotopic (exact) mass is 224 g/mol. The van der Waals surface area contributed by atoms with Gasteiger partial charge in [-0.2, -0.15) is 0 Å². The van der Waals surface area contributed by atoms with Crippen LogP contribution in [0.1, 0.15) is 51.4 Å². The van der Waals surface area contributed by atoms with Gasteiger partial charge in [0.15, 0.2) is 0 Å². The number of hydrogen-bond donors (Lipinski definition) is 0. The predicted molar refractivity (Wildman–Crippen MR) is 68.3 cm³/mol. The van der Waals surface area contributed by atoms with Gasteiger partial charge in [-0.05, 0) is 19.3 Å². The zero-order chi connectivity index (χ0) is 12.1. The topological polar surface area (TPSA) is 26.3 Å². The maximum absolute atomic E-state index is 11.1. The average molecular weight is 224 g/mol. The van der Waals surface area contributed by atoms with E-state index in [1.54, 1.807) is 6.08 Å². The molecule has 0 aliphatic heterocycles. The van der Waals surface area contributed by atoms with Crippen molar-refractivity contribution in [1.82, 2.24) is 0 Å². The second-order valence-corrected chi connectivity index (χ2v) is 3.92. The van der Waals surface area contributed by atoms with Crippen LogP contribution in [0.3, 0.4) is 0 Å². The molecular weight excluding hydrogens is 200 g/mol. The second-order valence-electron chi connectivity index (χ2n) is 3.92. The van der Waals surface area contributed by atoms with E-state index >= 15 is 0 Å². The molecule has 2 heteroatoms. The van der Waals surface area contributed by atoms with Crippen LogP contribution in [0, 0.1) is 0 Å². The van der Waals surface area contributed by atoms with Crippen LogP contribution in [0.15, 0.2) is 25.3 Å². The van der Waals surface area contributed by atoms with Gasteiger partial charge in [0.1, 0.15) is 6.61 Å².